The number of rotatable bonds is 40. The fourth-order valence-corrected chi connectivity index (χ4v) is 15.4. The number of hydrogen-bond acceptors (Lipinski definition) is 26. The fraction of sp³-hybridized carbons (Fsp3) is 0.518. The first-order valence-electron chi connectivity index (χ1n) is 38.3. The summed E-state index contributed by atoms with van der Waals surface area (Å²) in [6, 6.07) is 23.6. The van der Waals surface area contributed by atoms with Crippen LogP contribution in [0.2, 0.25) is 0 Å². The molecule has 1 heterocycles. The van der Waals surface area contributed by atoms with Crippen LogP contribution in [0.25, 0.3) is 0 Å². The molecule has 3 aliphatic carbocycles. The van der Waals surface area contributed by atoms with Crippen LogP contribution in [-0.2, 0) is 111 Å². The van der Waals surface area contributed by atoms with Gasteiger partial charge in [0.1, 0.15) is 61.9 Å². The van der Waals surface area contributed by atoms with Crippen molar-refractivity contribution in [1.82, 2.24) is 26.6 Å². The van der Waals surface area contributed by atoms with Gasteiger partial charge in [0.25, 0.3) is 5.91 Å². The number of Topliss-reactive ketones (excluding diaryl/α,β-unsaturated/α-hetero) is 2. The first kappa shape index (κ1) is 90.7. The second-order valence-corrected chi connectivity index (χ2v) is 30.1. The number of unbranched alkanes of at least 4 members (excludes halogenated alkanes) is 1. The molecule has 2 saturated carbocycles. The van der Waals surface area contributed by atoms with Gasteiger partial charge in [-0.05, 0) is 104 Å². The molecule has 1 saturated heterocycles. The number of nitrogens with two attached hydrogens (primary N) is 1. The summed E-state index contributed by atoms with van der Waals surface area (Å²) < 4.78 is 63.6. The topological polar surface area (TPSA) is 459 Å². The molecule has 33 heteroatoms. The predicted molar refractivity (Wildman–Crippen MR) is 411 cm³/mol. The van der Waals surface area contributed by atoms with Crippen molar-refractivity contribution in [2.24, 2.45) is 34.3 Å². The lowest BCUT2D eigenvalue weighted by Gasteiger charge is -2.68. The van der Waals surface area contributed by atoms with Crippen molar-refractivity contribution in [2.45, 2.75) is 180 Å². The molecule has 3 fully saturated rings. The van der Waals surface area contributed by atoms with Crippen LogP contribution < -0.4 is 37.6 Å². The number of amides is 7. The molecule has 4 aromatic rings. The largest absolute Gasteiger partial charge is 0.509 e. The highest BCUT2D eigenvalue weighted by Crippen LogP contribution is 2.66. The number of carbonyl (C=O) groups excluding carboxylic acids is 14. The molecule has 33 nitrogen and oxygen atoms in total. The van der Waals surface area contributed by atoms with Gasteiger partial charge in [0.2, 0.25) is 41.5 Å². The van der Waals surface area contributed by atoms with E-state index in [0.29, 0.717) is 19.4 Å². The van der Waals surface area contributed by atoms with E-state index < -0.39 is 191 Å². The first-order valence-corrected chi connectivity index (χ1v) is 38.3. The van der Waals surface area contributed by atoms with Crippen LogP contribution in [0, 0.1) is 28.6 Å². The molecule has 7 amide bonds. The Morgan fingerprint density at radius 3 is 1.87 bits per heavy atom. The van der Waals surface area contributed by atoms with Crippen molar-refractivity contribution < 1.29 is 124 Å². The third-order valence-corrected chi connectivity index (χ3v) is 21.8. The molecule has 8 rings (SSSR count). The van der Waals surface area contributed by atoms with Crippen LogP contribution in [0.1, 0.15) is 145 Å². The Hall–Kier alpha value is -10.8. The molecule has 1 aliphatic heterocycles. The highest BCUT2D eigenvalue weighted by atomic mass is 16.7. The highest BCUT2D eigenvalue weighted by Gasteiger charge is 2.78. The number of primary amides is 1. The number of ether oxygens (including phenoxy) is 11. The maximum absolute atomic E-state index is 16.1. The van der Waals surface area contributed by atoms with E-state index in [1.54, 1.807) is 82.3 Å². The summed E-state index contributed by atoms with van der Waals surface area (Å²) in [4.78, 5) is 194. The van der Waals surface area contributed by atoms with E-state index in [1.165, 1.54) is 103 Å². The first-order chi connectivity index (χ1) is 55.1. The van der Waals surface area contributed by atoms with Crippen LogP contribution in [0.4, 0.5) is 10.5 Å². The summed E-state index contributed by atoms with van der Waals surface area (Å²) in [6.07, 6.45) is -10.6. The minimum atomic E-state index is -2.49. The lowest BCUT2D eigenvalue weighted by Crippen LogP contribution is -2.80. The molecular formula is C83H105N7O26. The van der Waals surface area contributed by atoms with Gasteiger partial charge >= 0.3 is 30.0 Å². The van der Waals surface area contributed by atoms with E-state index in [-0.39, 0.29) is 110 Å². The SMILES string of the molecule is COCCOCC(=O)NCCCC[C@H](NC(=O)COCCOC)C(=O)C[C@H](C)C(=O)N[C@H](C)C(=O)N[C@H](CC(N)=O)C(=O)Nc1ccc(COC(=O)OC(C(=O)OC2C[C@@]3(O)[C@@H](OC(=O)c4ccccc4)[C@H]4[C@](C)(C(=O)[C@H](OC(C)=O)C(=C2C)C3(C)C)[C@@H](C)CC2OC[C@]24OC(C)=O)[C@@H](NC(=O)c2ccccc2)c2ccccc2)cc1. The van der Waals surface area contributed by atoms with Gasteiger partial charge in [-0.15, -0.1) is 0 Å². The molecule has 0 aromatic heterocycles. The zero-order valence-electron chi connectivity index (χ0n) is 66.9. The smallest absolute Gasteiger partial charge is 0.455 e. The predicted octanol–water partition coefficient (Wildman–Crippen LogP) is 4.87. The monoisotopic (exact) mass is 1620 g/mol. The summed E-state index contributed by atoms with van der Waals surface area (Å²) in [5.74, 6) is -13.7. The van der Waals surface area contributed by atoms with Crippen molar-refractivity contribution in [3.63, 3.8) is 0 Å². The van der Waals surface area contributed by atoms with Crippen LogP contribution in [0.3, 0.4) is 0 Å². The van der Waals surface area contributed by atoms with E-state index in [0.717, 1.165) is 6.92 Å². The Balaban J connectivity index is 0.997. The number of ketones is 2. The Morgan fingerprint density at radius 2 is 1.28 bits per heavy atom. The number of anilines is 1. The van der Waals surface area contributed by atoms with Gasteiger partial charge in [-0.2, -0.15) is 0 Å². The molecule has 4 aromatic carbocycles. The Kier molecular flexibility index (Phi) is 32.2. The molecule has 0 radical (unpaired) electrons. The summed E-state index contributed by atoms with van der Waals surface area (Å²) in [6.45, 7) is 12.7. The molecule has 2 bridgehead atoms. The second kappa shape index (κ2) is 41.1. The van der Waals surface area contributed by atoms with Crippen molar-refractivity contribution in [2.75, 3.05) is 72.3 Å². The Morgan fingerprint density at radius 1 is 0.672 bits per heavy atom. The zero-order chi connectivity index (χ0) is 84.8. The van der Waals surface area contributed by atoms with Crippen molar-refractivity contribution in [1.29, 1.82) is 0 Å². The number of fused-ring (bicyclic) bond motifs is 5. The molecule has 628 valence electrons. The molecule has 0 spiro atoms. The van der Waals surface area contributed by atoms with Crippen molar-refractivity contribution in [3.05, 3.63) is 149 Å². The molecule has 116 heavy (non-hydrogen) atoms. The van der Waals surface area contributed by atoms with E-state index in [9.17, 15) is 62.6 Å². The fourth-order valence-electron chi connectivity index (χ4n) is 15.4. The average Bonchev–Trinajstić information content (AvgIpc) is 0.668. The lowest BCUT2D eigenvalue weighted by molar-refractivity contribution is -0.340. The van der Waals surface area contributed by atoms with E-state index >= 15 is 9.59 Å². The van der Waals surface area contributed by atoms with Gasteiger partial charge in [-0.3, -0.25) is 52.7 Å². The number of methoxy groups -OCH3 is 2. The normalized spacial score (nSPS) is 23.2. The third kappa shape index (κ3) is 22.4. The standard InChI is InChI=1S/C83H105N7O26/c1-47(39-60(93)58(88-65(96)45-109-38-36-107-11)29-21-22-34-85-64(95)44-108-37-35-106-10)73(98)86-50(4)74(99)89-59(41-63(84)94)76(101)87-57-32-30-53(31-33-57)43-110-79(104)114-69(67(54-23-15-12-16-24-54)90-75(100)55-25-17-13-18-26-55)78(103)113-61-42-83(105)72(115-77(102)56-27-19-14-20-28-56)70-81(9,48(2)40-62-82(70,46-111-62)116-52(6)92)71(97)68(112-51(5)91)66(49(61)3)80(83,7)8/h12-20,23-28,30-33,47-48,50,58-59,61-62,67-70,72,105H,21-22,29,34-46H2,1-11H3,(H2,84,94)(H,85,95)(H,86,98)(H,87,101)(H,88,96)(H,89,99)(H,90,100)/t47-,48-,50+,58-,59+,61?,62?,67-,68+,69?,70-,72-,81+,82-,83+/m0/s1. The average molecular weight is 1620 g/mol. The number of benzene rings is 4. The molecular weight excluding hydrogens is 1510 g/mol. The second-order valence-electron chi connectivity index (χ2n) is 30.1. The third-order valence-electron chi connectivity index (χ3n) is 21.8. The van der Waals surface area contributed by atoms with Crippen LogP contribution in [0.5, 0.6) is 0 Å². The molecule has 3 unspecified atom stereocenters. The molecule has 15 atom stereocenters. The van der Waals surface area contributed by atoms with Crippen LogP contribution in [-0.4, -0.2) is 215 Å². The van der Waals surface area contributed by atoms with Crippen molar-refractivity contribution in [3.8, 4) is 0 Å². The Bertz CT molecular complexity index is 4220. The van der Waals surface area contributed by atoms with Crippen molar-refractivity contribution >= 4 is 88.6 Å². The van der Waals surface area contributed by atoms with E-state index in [4.69, 9.17) is 57.8 Å². The van der Waals surface area contributed by atoms with E-state index in [1.807, 2.05) is 0 Å². The van der Waals surface area contributed by atoms with Crippen LogP contribution >= 0.6 is 0 Å². The maximum Gasteiger partial charge on any atom is 0.509 e. The summed E-state index contributed by atoms with van der Waals surface area (Å²) in [5.41, 5.74) is -1.44. The number of nitrogens with one attached hydrogen (secondary N) is 6. The summed E-state index contributed by atoms with van der Waals surface area (Å²) in [7, 11) is 2.96. The van der Waals surface area contributed by atoms with Gasteiger partial charge < -0.3 is 94.8 Å². The highest BCUT2D eigenvalue weighted by molar-refractivity contribution is 6.01. The minimum absolute atomic E-state index is 0.0293. The number of aliphatic hydroxyl groups is 1. The van der Waals surface area contributed by atoms with Gasteiger partial charge in [0.15, 0.2) is 23.3 Å². The number of carbonyl (C=O) groups is 14. The molecule has 9 N–H and O–H groups in total. The minimum Gasteiger partial charge on any atom is -0.455 e. The number of hydrogen-bond donors (Lipinski definition) is 8. The quantitative estimate of drug-likeness (QED) is 0.0127. The number of esters is 4. The Labute approximate surface area is 671 Å². The summed E-state index contributed by atoms with van der Waals surface area (Å²) in [5, 5.41) is 30.0. The van der Waals surface area contributed by atoms with Crippen LogP contribution in [0.15, 0.2) is 126 Å². The molecule has 4 aliphatic rings. The van der Waals surface area contributed by atoms with Gasteiger partial charge in [-0.1, -0.05) is 113 Å². The summed E-state index contributed by atoms with van der Waals surface area (Å²) >= 11 is 0. The lowest BCUT2D eigenvalue weighted by atomic mass is 9.43. The maximum atomic E-state index is 16.1. The van der Waals surface area contributed by atoms with E-state index in [2.05, 4.69) is 31.9 Å². The zero-order valence-corrected chi connectivity index (χ0v) is 66.9. The van der Waals surface area contributed by atoms with Gasteiger partial charge in [0.05, 0.1) is 57.0 Å². The van der Waals surface area contributed by atoms with Gasteiger partial charge in [0, 0.05) is 75.5 Å². The van der Waals surface area contributed by atoms with Gasteiger partial charge in [-0.25, -0.2) is 14.4 Å².